The second-order valence-corrected chi connectivity index (χ2v) is 11.0. The van der Waals surface area contributed by atoms with Crippen LogP contribution < -0.4 is 19.3 Å². The SMILES string of the molecule is CCOc1ccc(/C(O)=C2/C(=O)C(=O)N(c3ccc(N(CC)CC)cc3)C2c2ccc(OC)cc2)cc1C(C)(C)C. The summed E-state index contributed by atoms with van der Waals surface area (Å²) in [6.45, 7) is 14.5. The second-order valence-electron chi connectivity index (χ2n) is 11.0. The van der Waals surface area contributed by atoms with Crippen LogP contribution in [0.25, 0.3) is 5.76 Å². The molecule has 7 heteroatoms. The highest BCUT2D eigenvalue weighted by Gasteiger charge is 2.47. The molecule has 0 saturated carbocycles. The van der Waals surface area contributed by atoms with Gasteiger partial charge in [-0.05, 0) is 86.3 Å². The number of anilines is 2. The van der Waals surface area contributed by atoms with Crippen LogP contribution in [0.15, 0.2) is 72.3 Å². The molecule has 41 heavy (non-hydrogen) atoms. The van der Waals surface area contributed by atoms with E-state index in [1.165, 1.54) is 4.90 Å². The van der Waals surface area contributed by atoms with Crippen LogP contribution >= 0.6 is 0 Å². The van der Waals surface area contributed by atoms with E-state index >= 15 is 0 Å². The van der Waals surface area contributed by atoms with E-state index in [9.17, 15) is 14.7 Å². The summed E-state index contributed by atoms with van der Waals surface area (Å²) in [6, 6.07) is 19.4. The van der Waals surface area contributed by atoms with Gasteiger partial charge in [0.2, 0.25) is 0 Å². The average molecular weight is 557 g/mol. The molecule has 0 bridgehead atoms. The minimum Gasteiger partial charge on any atom is -0.507 e. The summed E-state index contributed by atoms with van der Waals surface area (Å²) >= 11 is 0. The van der Waals surface area contributed by atoms with Gasteiger partial charge in [-0.1, -0.05) is 32.9 Å². The van der Waals surface area contributed by atoms with Crippen molar-refractivity contribution in [3.8, 4) is 11.5 Å². The fraction of sp³-hybridized carbons (Fsp3) is 0.353. The van der Waals surface area contributed by atoms with Gasteiger partial charge in [-0.15, -0.1) is 0 Å². The van der Waals surface area contributed by atoms with Crippen LogP contribution in [0.3, 0.4) is 0 Å². The third-order valence-electron chi connectivity index (χ3n) is 7.49. The molecule has 1 N–H and O–H groups in total. The zero-order valence-corrected chi connectivity index (χ0v) is 25.0. The molecular formula is C34H40N2O5. The van der Waals surface area contributed by atoms with E-state index < -0.39 is 17.7 Å². The Balaban J connectivity index is 1.90. The van der Waals surface area contributed by atoms with Crippen molar-refractivity contribution in [2.45, 2.75) is 53.0 Å². The first-order chi connectivity index (χ1) is 19.5. The van der Waals surface area contributed by atoms with E-state index in [1.807, 2.05) is 55.5 Å². The van der Waals surface area contributed by atoms with Gasteiger partial charge in [0.1, 0.15) is 17.3 Å². The Bertz CT molecular complexity index is 1430. The van der Waals surface area contributed by atoms with Crippen molar-refractivity contribution in [3.63, 3.8) is 0 Å². The van der Waals surface area contributed by atoms with Crippen LogP contribution in [0.4, 0.5) is 11.4 Å². The summed E-state index contributed by atoms with van der Waals surface area (Å²) in [5, 5.41) is 11.7. The highest BCUT2D eigenvalue weighted by Crippen LogP contribution is 2.43. The molecule has 0 aromatic heterocycles. The molecule has 4 rings (SSSR count). The molecule has 1 unspecified atom stereocenters. The van der Waals surface area contributed by atoms with Crippen LogP contribution in [0.5, 0.6) is 11.5 Å². The van der Waals surface area contributed by atoms with Gasteiger partial charge in [0.25, 0.3) is 11.7 Å². The van der Waals surface area contributed by atoms with E-state index in [-0.39, 0.29) is 16.7 Å². The lowest BCUT2D eigenvalue weighted by Gasteiger charge is -2.27. The highest BCUT2D eigenvalue weighted by molar-refractivity contribution is 6.51. The standard InChI is InChI=1S/C34H40N2O5/c1-8-35(9-2)24-14-16-25(17-15-24)36-30(22-11-18-26(40-7)19-12-22)29(32(38)33(36)39)31(37)23-13-20-28(41-10-3)27(21-23)34(4,5)6/h11-21,30,37H,8-10H2,1-7H3/b31-29-. The maximum Gasteiger partial charge on any atom is 0.300 e. The normalized spacial score (nSPS) is 16.7. The summed E-state index contributed by atoms with van der Waals surface area (Å²) in [5.74, 6) is -0.278. The number of aliphatic hydroxyl groups excluding tert-OH is 1. The fourth-order valence-corrected chi connectivity index (χ4v) is 5.31. The molecule has 1 aliphatic heterocycles. The number of amides is 1. The number of nitrogens with zero attached hydrogens (tertiary/aromatic N) is 2. The van der Waals surface area contributed by atoms with Crippen molar-refractivity contribution < 1.29 is 24.2 Å². The van der Waals surface area contributed by atoms with Crippen LogP contribution in [0.2, 0.25) is 0 Å². The second kappa shape index (κ2) is 12.1. The van der Waals surface area contributed by atoms with Gasteiger partial charge >= 0.3 is 0 Å². The minimum atomic E-state index is -0.829. The van der Waals surface area contributed by atoms with Gasteiger partial charge in [-0.2, -0.15) is 0 Å². The summed E-state index contributed by atoms with van der Waals surface area (Å²) in [4.78, 5) is 31.0. The van der Waals surface area contributed by atoms with Crippen molar-refractivity contribution in [1.82, 2.24) is 0 Å². The Kier molecular flexibility index (Phi) is 8.76. The minimum absolute atomic E-state index is 0.0389. The van der Waals surface area contributed by atoms with Crippen molar-refractivity contribution >= 4 is 28.8 Å². The molecule has 3 aromatic rings. The Hall–Kier alpha value is -4.26. The number of benzene rings is 3. The number of rotatable bonds is 9. The number of ketones is 1. The monoisotopic (exact) mass is 556 g/mol. The van der Waals surface area contributed by atoms with E-state index in [1.54, 1.807) is 25.3 Å². The fourth-order valence-electron chi connectivity index (χ4n) is 5.31. The zero-order chi connectivity index (χ0) is 29.9. The quantitative estimate of drug-likeness (QED) is 0.176. The number of carbonyl (C=O) groups excluding carboxylic acids is 2. The molecule has 1 amide bonds. The number of methoxy groups -OCH3 is 1. The molecule has 1 fully saturated rings. The van der Waals surface area contributed by atoms with E-state index in [4.69, 9.17) is 9.47 Å². The molecule has 1 atom stereocenters. The van der Waals surface area contributed by atoms with Crippen LogP contribution in [-0.4, -0.2) is 43.6 Å². The number of Topliss-reactive ketones (excluding diaryl/α,β-unsaturated/α-hetero) is 1. The molecule has 0 spiro atoms. The molecule has 1 aliphatic rings. The molecule has 1 heterocycles. The lowest BCUT2D eigenvalue weighted by Crippen LogP contribution is -2.29. The van der Waals surface area contributed by atoms with Crippen LogP contribution in [0.1, 0.15) is 64.3 Å². The summed E-state index contributed by atoms with van der Waals surface area (Å²) < 4.78 is 11.2. The third kappa shape index (κ3) is 5.80. The first-order valence-electron chi connectivity index (χ1n) is 14.1. The Morgan fingerprint density at radius 1 is 0.927 bits per heavy atom. The first-order valence-corrected chi connectivity index (χ1v) is 14.1. The topological polar surface area (TPSA) is 79.3 Å². The Morgan fingerprint density at radius 2 is 1.56 bits per heavy atom. The van der Waals surface area contributed by atoms with Gasteiger partial charge in [0, 0.05) is 35.6 Å². The summed E-state index contributed by atoms with van der Waals surface area (Å²) in [6.07, 6.45) is 0. The summed E-state index contributed by atoms with van der Waals surface area (Å²) in [5.41, 5.74) is 3.38. The highest BCUT2D eigenvalue weighted by atomic mass is 16.5. The van der Waals surface area contributed by atoms with Gasteiger partial charge in [0.05, 0.1) is 25.3 Å². The average Bonchev–Trinajstić information content (AvgIpc) is 3.23. The number of hydrogen-bond donors (Lipinski definition) is 1. The molecule has 7 nitrogen and oxygen atoms in total. The largest absolute Gasteiger partial charge is 0.507 e. The maximum absolute atomic E-state index is 13.7. The molecule has 3 aromatic carbocycles. The van der Waals surface area contributed by atoms with E-state index in [0.717, 1.165) is 30.1 Å². The van der Waals surface area contributed by atoms with Gasteiger partial charge in [0.15, 0.2) is 0 Å². The number of carbonyl (C=O) groups is 2. The van der Waals surface area contributed by atoms with Gasteiger partial charge in [-0.25, -0.2) is 0 Å². The smallest absolute Gasteiger partial charge is 0.300 e. The van der Waals surface area contributed by atoms with Crippen molar-refractivity contribution in [1.29, 1.82) is 0 Å². The van der Waals surface area contributed by atoms with Gasteiger partial charge in [-0.3, -0.25) is 14.5 Å². The van der Waals surface area contributed by atoms with Crippen molar-refractivity contribution in [2.75, 3.05) is 36.6 Å². The number of ether oxygens (including phenoxy) is 2. The van der Waals surface area contributed by atoms with E-state index in [2.05, 4.69) is 39.5 Å². The first kappa shape index (κ1) is 29.7. The molecular weight excluding hydrogens is 516 g/mol. The molecule has 1 saturated heterocycles. The van der Waals surface area contributed by atoms with Crippen molar-refractivity contribution in [2.24, 2.45) is 0 Å². The predicted octanol–water partition coefficient (Wildman–Crippen LogP) is 6.86. The van der Waals surface area contributed by atoms with Crippen molar-refractivity contribution in [3.05, 3.63) is 89.0 Å². The predicted molar refractivity (Wildman–Crippen MR) is 164 cm³/mol. The number of hydrogen-bond acceptors (Lipinski definition) is 6. The van der Waals surface area contributed by atoms with E-state index in [0.29, 0.717) is 29.2 Å². The van der Waals surface area contributed by atoms with Crippen LogP contribution in [0, 0.1) is 0 Å². The maximum atomic E-state index is 13.7. The van der Waals surface area contributed by atoms with Gasteiger partial charge < -0.3 is 19.5 Å². The molecule has 0 aliphatic carbocycles. The third-order valence-corrected chi connectivity index (χ3v) is 7.49. The number of aliphatic hydroxyl groups is 1. The Morgan fingerprint density at radius 3 is 2.10 bits per heavy atom. The molecule has 216 valence electrons. The lowest BCUT2D eigenvalue weighted by molar-refractivity contribution is -0.132. The zero-order valence-electron chi connectivity index (χ0n) is 25.0. The lowest BCUT2D eigenvalue weighted by atomic mass is 9.84. The molecule has 0 radical (unpaired) electrons. The Labute approximate surface area is 243 Å². The summed E-state index contributed by atoms with van der Waals surface area (Å²) in [7, 11) is 1.58. The van der Waals surface area contributed by atoms with Crippen LogP contribution in [-0.2, 0) is 15.0 Å².